The predicted molar refractivity (Wildman–Crippen MR) is 47.3 cm³/mol. The van der Waals surface area contributed by atoms with Gasteiger partial charge < -0.3 is 0 Å². The molecular weight excluding hydrogens is 144 g/mol. The van der Waals surface area contributed by atoms with Gasteiger partial charge in [0.25, 0.3) is 0 Å². The molecule has 3 heteroatoms. The van der Waals surface area contributed by atoms with Crippen molar-refractivity contribution in [3.63, 3.8) is 0 Å². The molecule has 1 aliphatic rings. The first kappa shape index (κ1) is 8.11. The second-order valence-corrected chi connectivity index (χ2v) is 2.90. The van der Waals surface area contributed by atoms with E-state index in [1.54, 1.807) is 5.37 Å². The quantitative estimate of drug-likeness (QED) is 0.578. The van der Waals surface area contributed by atoms with Crippen LogP contribution in [0.3, 0.4) is 0 Å². The fraction of sp³-hybridized carbons (Fsp3) is 0.857. The van der Waals surface area contributed by atoms with Gasteiger partial charge in [-0.2, -0.15) is 0 Å². The fourth-order valence-corrected chi connectivity index (χ4v) is 1.39. The van der Waals surface area contributed by atoms with Crippen molar-refractivity contribution in [1.82, 2.24) is 10.6 Å². The third-order valence-electron chi connectivity index (χ3n) is 1.90. The molecule has 1 aliphatic heterocycles. The van der Waals surface area contributed by atoms with Crippen LogP contribution in [-0.4, -0.2) is 24.1 Å². The highest BCUT2D eigenvalue weighted by Gasteiger charge is 2.15. The lowest BCUT2D eigenvalue weighted by Crippen LogP contribution is -2.53. The molecule has 1 rings (SSSR count). The molecule has 0 aromatic heterocycles. The molecule has 58 valence electrons. The van der Waals surface area contributed by atoms with Crippen molar-refractivity contribution in [2.75, 3.05) is 6.54 Å². The third kappa shape index (κ3) is 2.01. The van der Waals surface area contributed by atoms with Gasteiger partial charge in [0.15, 0.2) is 0 Å². The van der Waals surface area contributed by atoms with Crippen LogP contribution in [0.1, 0.15) is 19.8 Å². The highest BCUT2D eigenvalue weighted by atomic mass is 32.1. The smallest absolute Gasteiger partial charge is 0.0870 e. The van der Waals surface area contributed by atoms with Crippen LogP contribution in [0.2, 0.25) is 0 Å². The van der Waals surface area contributed by atoms with Crippen LogP contribution < -0.4 is 10.6 Å². The minimum Gasteiger partial charge on any atom is -0.298 e. The Hall–Kier alpha value is 0.01000. The van der Waals surface area contributed by atoms with Gasteiger partial charge in [-0.05, 0) is 19.4 Å². The molecule has 0 amide bonds. The van der Waals surface area contributed by atoms with E-state index in [1.807, 2.05) is 0 Å². The molecule has 0 aromatic rings. The topological polar surface area (TPSA) is 24.1 Å². The molecule has 0 radical (unpaired) electrons. The first-order valence-electron chi connectivity index (χ1n) is 3.81. The SMILES string of the molecule is CCC1CCNC(C=S)N1. The van der Waals surface area contributed by atoms with E-state index in [2.05, 4.69) is 17.6 Å². The highest BCUT2D eigenvalue weighted by molar-refractivity contribution is 7.79. The minimum atomic E-state index is 0.258. The molecule has 2 unspecified atom stereocenters. The Morgan fingerprint density at radius 2 is 2.50 bits per heavy atom. The Morgan fingerprint density at radius 3 is 3.10 bits per heavy atom. The maximum atomic E-state index is 4.82. The maximum absolute atomic E-state index is 4.82. The molecule has 1 heterocycles. The average molecular weight is 158 g/mol. The van der Waals surface area contributed by atoms with Gasteiger partial charge in [0.2, 0.25) is 0 Å². The summed E-state index contributed by atoms with van der Waals surface area (Å²) in [6.45, 7) is 3.28. The first-order chi connectivity index (χ1) is 4.86. The summed E-state index contributed by atoms with van der Waals surface area (Å²) in [5.41, 5.74) is 0. The normalized spacial score (nSPS) is 33.7. The summed E-state index contributed by atoms with van der Waals surface area (Å²) >= 11 is 4.82. The highest BCUT2D eigenvalue weighted by Crippen LogP contribution is 2.01. The second kappa shape index (κ2) is 4.01. The molecule has 1 saturated heterocycles. The van der Waals surface area contributed by atoms with Gasteiger partial charge in [0, 0.05) is 11.4 Å². The molecule has 2 atom stereocenters. The van der Waals surface area contributed by atoms with Crippen molar-refractivity contribution < 1.29 is 0 Å². The summed E-state index contributed by atoms with van der Waals surface area (Å²) in [5, 5.41) is 8.40. The van der Waals surface area contributed by atoms with E-state index in [9.17, 15) is 0 Å². The molecule has 0 aromatic carbocycles. The largest absolute Gasteiger partial charge is 0.298 e. The molecule has 0 bridgehead atoms. The zero-order chi connectivity index (χ0) is 7.40. The van der Waals surface area contributed by atoms with Crippen molar-refractivity contribution >= 4 is 17.6 Å². The van der Waals surface area contributed by atoms with Crippen molar-refractivity contribution in [2.45, 2.75) is 32.0 Å². The van der Waals surface area contributed by atoms with Crippen molar-refractivity contribution in [3.8, 4) is 0 Å². The van der Waals surface area contributed by atoms with Crippen molar-refractivity contribution in [1.29, 1.82) is 0 Å². The zero-order valence-electron chi connectivity index (χ0n) is 6.26. The van der Waals surface area contributed by atoms with Gasteiger partial charge in [-0.15, -0.1) is 0 Å². The van der Waals surface area contributed by atoms with E-state index in [4.69, 9.17) is 12.2 Å². The van der Waals surface area contributed by atoms with Crippen LogP contribution in [0.15, 0.2) is 0 Å². The molecule has 1 fully saturated rings. The Balaban J connectivity index is 2.31. The van der Waals surface area contributed by atoms with Crippen LogP contribution in [0, 0.1) is 0 Å². The van der Waals surface area contributed by atoms with Crippen LogP contribution in [0.4, 0.5) is 0 Å². The minimum absolute atomic E-state index is 0.258. The van der Waals surface area contributed by atoms with E-state index in [1.165, 1.54) is 12.8 Å². The van der Waals surface area contributed by atoms with Gasteiger partial charge in [-0.3, -0.25) is 10.6 Å². The van der Waals surface area contributed by atoms with Crippen molar-refractivity contribution in [3.05, 3.63) is 0 Å². The lowest BCUT2D eigenvalue weighted by atomic mass is 10.1. The lowest BCUT2D eigenvalue weighted by molar-refractivity contribution is 0.349. The molecular formula is C7H14N2S. The van der Waals surface area contributed by atoms with Gasteiger partial charge >= 0.3 is 0 Å². The zero-order valence-corrected chi connectivity index (χ0v) is 7.08. The lowest BCUT2D eigenvalue weighted by Gasteiger charge is -2.28. The van der Waals surface area contributed by atoms with Crippen LogP contribution in [0.25, 0.3) is 0 Å². The number of thiocarbonyl (C=S) groups is 1. The van der Waals surface area contributed by atoms with Gasteiger partial charge in [0.1, 0.15) is 0 Å². The summed E-state index contributed by atoms with van der Waals surface area (Å²) in [6.07, 6.45) is 2.67. The number of rotatable bonds is 2. The Bertz CT molecular complexity index is 116. The van der Waals surface area contributed by atoms with Gasteiger partial charge in [-0.1, -0.05) is 19.1 Å². The fourth-order valence-electron chi connectivity index (χ4n) is 1.22. The van der Waals surface area contributed by atoms with Gasteiger partial charge in [-0.25, -0.2) is 0 Å². The number of nitrogens with one attached hydrogen (secondary N) is 2. The summed E-state index contributed by atoms with van der Waals surface area (Å²) < 4.78 is 0. The van der Waals surface area contributed by atoms with Crippen molar-refractivity contribution in [2.24, 2.45) is 0 Å². The average Bonchev–Trinajstić information content (AvgIpc) is 2.05. The summed E-state index contributed by atoms with van der Waals surface area (Å²) in [4.78, 5) is 0. The molecule has 2 N–H and O–H groups in total. The Morgan fingerprint density at radius 1 is 1.70 bits per heavy atom. The molecule has 0 spiro atoms. The number of hydrogen-bond donors (Lipinski definition) is 2. The van der Waals surface area contributed by atoms with Gasteiger partial charge in [0.05, 0.1) is 6.17 Å². The molecule has 0 aliphatic carbocycles. The summed E-state index contributed by atoms with van der Waals surface area (Å²) in [5.74, 6) is 0. The molecule has 2 nitrogen and oxygen atoms in total. The summed E-state index contributed by atoms with van der Waals surface area (Å²) in [6, 6.07) is 0.658. The van der Waals surface area contributed by atoms with E-state index < -0.39 is 0 Å². The van der Waals surface area contributed by atoms with Crippen LogP contribution in [-0.2, 0) is 0 Å². The monoisotopic (exact) mass is 158 g/mol. The van der Waals surface area contributed by atoms with E-state index in [0.29, 0.717) is 6.04 Å². The van der Waals surface area contributed by atoms with E-state index >= 15 is 0 Å². The first-order valence-corrected chi connectivity index (χ1v) is 4.28. The third-order valence-corrected chi connectivity index (χ3v) is 2.17. The molecule has 10 heavy (non-hydrogen) atoms. The maximum Gasteiger partial charge on any atom is 0.0870 e. The van der Waals surface area contributed by atoms with Crippen LogP contribution >= 0.6 is 12.2 Å². The predicted octanol–water partition coefficient (Wildman–Crippen LogP) is 0.674. The van der Waals surface area contributed by atoms with Crippen LogP contribution in [0.5, 0.6) is 0 Å². The Labute approximate surface area is 67.4 Å². The van der Waals surface area contributed by atoms with E-state index in [0.717, 1.165) is 6.54 Å². The Kier molecular flexibility index (Phi) is 3.25. The summed E-state index contributed by atoms with van der Waals surface area (Å²) in [7, 11) is 0. The number of hydrogen-bond acceptors (Lipinski definition) is 3. The standard InChI is InChI=1S/C7H14N2S/c1-2-6-3-4-8-7(5-10)9-6/h5-9H,2-4H2,1H3. The molecule has 0 saturated carbocycles. The van der Waals surface area contributed by atoms with E-state index in [-0.39, 0.29) is 6.17 Å². The second-order valence-electron chi connectivity index (χ2n) is 2.63.